The molecule has 21 heavy (non-hydrogen) atoms. The Bertz CT molecular complexity index is 624. The summed E-state index contributed by atoms with van der Waals surface area (Å²) in [7, 11) is 0. The van der Waals surface area contributed by atoms with Gasteiger partial charge in [-0.2, -0.15) is 0 Å². The summed E-state index contributed by atoms with van der Waals surface area (Å²) in [6.45, 7) is 0.260. The van der Waals surface area contributed by atoms with E-state index in [2.05, 4.69) is 47.4 Å². The lowest BCUT2D eigenvalue weighted by atomic mass is 10.0. The molecule has 0 spiro atoms. The molecule has 3 heteroatoms. The van der Waals surface area contributed by atoms with Gasteiger partial charge >= 0.3 is 0 Å². The average Bonchev–Trinajstić information content (AvgIpc) is 2.68. The minimum Gasteiger partial charge on any atom is -0.368 e. The van der Waals surface area contributed by atoms with Crippen LogP contribution in [-0.4, -0.2) is 12.5 Å². The van der Waals surface area contributed by atoms with Crippen LogP contribution in [0.4, 0.5) is 5.69 Å². The number of nitrogens with two attached hydrogens (primary N) is 1. The van der Waals surface area contributed by atoms with Gasteiger partial charge in [0.25, 0.3) is 0 Å². The lowest BCUT2D eigenvalue weighted by Crippen LogP contribution is -2.36. The summed E-state index contributed by atoms with van der Waals surface area (Å²) < 4.78 is 0. The molecule has 2 aromatic rings. The van der Waals surface area contributed by atoms with Gasteiger partial charge in [-0.05, 0) is 36.5 Å². The molecule has 2 N–H and O–H groups in total. The van der Waals surface area contributed by atoms with Gasteiger partial charge in [-0.15, -0.1) is 0 Å². The molecule has 1 atom stereocenters. The highest BCUT2D eigenvalue weighted by molar-refractivity contribution is 5.80. The topological polar surface area (TPSA) is 46.3 Å². The first-order valence-electron chi connectivity index (χ1n) is 7.43. The van der Waals surface area contributed by atoms with E-state index in [0.717, 1.165) is 24.9 Å². The SMILES string of the molecule is NC(=O)CN1c2ccccc2CCCC1c1ccccc1. The zero-order valence-electron chi connectivity index (χ0n) is 12.0. The van der Waals surface area contributed by atoms with Gasteiger partial charge in [0.15, 0.2) is 0 Å². The summed E-state index contributed by atoms with van der Waals surface area (Å²) in [4.78, 5) is 13.7. The molecule has 3 rings (SSSR count). The summed E-state index contributed by atoms with van der Waals surface area (Å²) >= 11 is 0. The predicted molar refractivity (Wildman–Crippen MR) is 85.1 cm³/mol. The molecule has 0 saturated heterocycles. The number of fused-ring (bicyclic) bond motifs is 1. The largest absolute Gasteiger partial charge is 0.368 e. The molecule has 1 amide bonds. The summed E-state index contributed by atoms with van der Waals surface area (Å²) in [5.74, 6) is -0.285. The molecule has 0 radical (unpaired) electrons. The highest BCUT2D eigenvalue weighted by atomic mass is 16.1. The molecule has 0 aliphatic carbocycles. The van der Waals surface area contributed by atoms with Crippen LogP contribution in [-0.2, 0) is 11.2 Å². The smallest absolute Gasteiger partial charge is 0.236 e. The summed E-state index contributed by atoms with van der Waals surface area (Å²) in [5, 5.41) is 0. The number of anilines is 1. The van der Waals surface area contributed by atoms with Crippen LogP contribution in [0.15, 0.2) is 54.6 Å². The quantitative estimate of drug-likeness (QED) is 0.939. The standard InChI is InChI=1S/C18H20N2O/c19-18(21)13-20-16-11-5-4-9-15(16)10-6-12-17(20)14-7-2-1-3-8-14/h1-5,7-9,11,17H,6,10,12-13H2,(H2,19,21). The number of rotatable bonds is 3. The van der Waals surface area contributed by atoms with Crippen molar-refractivity contribution in [2.24, 2.45) is 5.73 Å². The molecule has 1 aliphatic rings. The van der Waals surface area contributed by atoms with Gasteiger partial charge in [-0.25, -0.2) is 0 Å². The van der Waals surface area contributed by atoms with Crippen molar-refractivity contribution in [1.82, 2.24) is 0 Å². The van der Waals surface area contributed by atoms with Crippen LogP contribution in [0.3, 0.4) is 0 Å². The Hall–Kier alpha value is -2.29. The minimum atomic E-state index is -0.285. The third-order valence-electron chi connectivity index (χ3n) is 4.11. The van der Waals surface area contributed by atoms with Gasteiger partial charge in [0.05, 0.1) is 12.6 Å². The molecule has 1 unspecified atom stereocenters. The van der Waals surface area contributed by atoms with Gasteiger partial charge in [0.1, 0.15) is 0 Å². The third kappa shape index (κ3) is 2.92. The molecular formula is C18H20N2O. The Morgan fingerprint density at radius 1 is 1.10 bits per heavy atom. The Morgan fingerprint density at radius 3 is 2.57 bits per heavy atom. The van der Waals surface area contributed by atoms with E-state index in [1.165, 1.54) is 11.1 Å². The lowest BCUT2D eigenvalue weighted by molar-refractivity contribution is -0.116. The maximum Gasteiger partial charge on any atom is 0.236 e. The van der Waals surface area contributed by atoms with Gasteiger partial charge in [0.2, 0.25) is 5.91 Å². The Kier molecular flexibility index (Phi) is 3.91. The second-order valence-corrected chi connectivity index (χ2v) is 5.54. The van der Waals surface area contributed by atoms with Gasteiger partial charge in [0, 0.05) is 5.69 Å². The van der Waals surface area contributed by atoms with Crippen molar-refractivity contribution in [3.8, 4) is 0 Å². The molecular weight excluding hydrogens is 260 g/mol. The number of carbonyl (C=O) groups excluding carboxylic acids is 1. The van der Waals surface area contributed by atoms with Crippen molar-refractivity contribution in [1.29, 1.82) is 0 Å². The van der Waals surface area contributed by atoms with Crippen molar-refractivity contribution in [3.05, 3.63) is 65.7 Å². The zero-order chi connectivity index (χ0) is 14.7. The second-order valence-electron chi connectivity index (χ2n) is 5.54. The predicted octanol–water partition coefficient (Wildman–Crippen LogP) is 3.06. The monoisotopic (exact) mass is 280 g/mol. The number of para-hydroxylation sites is 1. The normalized spacial score (nSPS) is 17.9. The number of carbonyl (C=O) groups is 1. The fraction of sp³-hybridized carbons (Fsp3) is 0.278. The fourth-order valence-corrected chi connectivity index (χ4v) is 3.20. The lowest BCUT2D eigenvalue weighted by Gasteiger charge is -2.32. The van der Waals surface area contributed by atoms with E-state index in [4.69, 9.17) is 5.73 Å². The molecule has 0 aromatic heterocycles. The van der Waals surface area contributed by atoms with Gasteiger partial charge in [-0.3, -0.25) is 4.79 Å². The van der Waals surface area contributed by atoms with E-state index in [1.807, 2.05) is 12.1 Å². The average molecular weight is 280 g/mol. The molecule has 2 aromatic carbocycles. The molecule has 0 bridgehead atoms. The first-order chi connectivity index (χ1) is 10.3. The zero-order valence-corrected chi connectivity index (χ0v) is 12.0. The second kappa shape index (κ2) is 6.00. The molecule has 1 aliphatic heterocycles. The number of aryl methyl sites for hydroxylation is 1. The van der Waals surface area contributed by atoms with E-state index in [-0.39, 0.29) is 18.5 Å². The Balaban J connectivity index is 2.04. The van der Waals surface area contributed by atoms with E-state index in [0.29, 0.717) is 0 Å². The maximum absolute atomic E-state index is 11.5. The van der Waals surface area contributed by atoms with E-state index >= 15 is 0 Å². The van der Waals surface area contributed by atoms with Crippen LogP contribution in [0.5, 0.6) is 0 Å². The Labute approximate surface area is 125 Å². The highest BCUT2D eigenvalue weighted by Crippen LogP contribution is 2.36. The highest BCUT2D eigenvalue weighted by Gasteiger charge is 2.26. The van der Waals surface area contributed by atoms with Crippen LogP contribution < -0.4 is 10.6 Å². The van der Waals surface area contributed by atoms with Crippen LogP contribution in [0.2, 0.25) is 0 Å². The number of hydrogen-bond donors (Lipinski definition) is 1. The van der Waals surface area contributed by atoms with E-state index < -0.39 is 0 Å². The van der Waals surface area contributed by atoms with Crippen molar-refractivity contribution in [3.63, 3.8) is 0 Å². The van der Waals surface area contributed by atoms with Crippen molar-refractivity contribution < 1.29 is 4.79 Å². The maximum atomic E-state index is 11.5. The molecule has 108 valence electrons. The van der Waals surface area contributed by atoms with Crippen molar-refractivity contribution in [2.45, 2.75) is 25.3 Å². The summed E-state index contributed by atoms with van der Waals surface area (Å²) in [6.07, 6.45) is 3.20. The first-order valence-corrected chi connectivity index (χ1v) is 7.43. The van der Waals surface area contributed by atoms with Gasteiger partial charge < -0.3 is 10.6 Å². The molecule has 3 nitrogen and oxygen atoms in total. The van der Waals surface area contributed by atoms with Crippen molar-refractivity contribution >= 4 is 11.6 Å². The van der Waals surface area contributed by atoms with Crippen LogP contribution in [0.1, 0.15) is 30.0 Å². The van der Waals surface area contributed by atoms with Crippen molar-refractivity contribution in [2.75, 3.05) is 11.4 Å². The third-order valence-corrected chi connectivity index (χ3v) is 4.11. The number of nitrogens with zero attached hydrogens (tertiary/aromatic N) is 1. The summed E-state index contributed by atoms with van der Waals surface area (Å²) in [6, 6.07) is 18.9. The van der Waals surface area contributed by atoms with E-state index in [1.54, 1.807) is 0 Å². The fourth-order valence-electron chi connectivity index (χ4n) is 3.20. The number of hydrogen-bond acceptors (Lipinski definition) is 2. The van der Waals surface area contributed by atoms with Gasteiger partial charge in [-0.1, -0.05) is 48.5 Å². The minimum absolute atomic E-state index is 0.211. The number of primary amides is 1. The summed E-state index contributed by atoms with van der Waals surface area (Å²) in [5.41, 5.74) is 9.18. The molecule has 0 fully saturated rings. The number of benzene rings is 2. The van der Waals surface area contributed by atoms with E-state index in [9.17, 15) is 4.79 Å². The number of amides is 1. The molecule has 0 saturated carbocycles. The van der Waals surface area contributed by atoms with Crippen LogP contribution in [0, 0.1) is 0 Å². The van der Waals surface area contributed by atoms with Crippen LogP contribution in [0.25, 0.3) is 0 Å². The van der Waals surface area contributed by atoms with Crippen LogP contribution >= 0.6 is 0 Å². The first kappa shape index (κ1) is 13.7. The molecule has 1 heterocycles. The Morgan fingerprint density at radius 2 is 1.81 bits per heavy atom.